The van der Waals surface area contributed by atoms with Gasteiger partial charge in [0.25, 0.3) is 5.85 Å². The first-order valence-electron chi connectivity index (χ1n) is 5.11. The fourth-order valence-corrected chi connectivity index (χ4v) is 2.01. The molecule has 0 saturated carbocycles. The first-order valence-corrected chi connectivity index (χ1v) is 5.11. The molecule has 0 N–H and O–H groups in total. The minimum atomic E-state index is -3.61. The minimum absolute atomic E-state index is 0.276. The van der Waals surface area contributed by atoms with Gasteiger partial charge in [0, 0.05) is 12.5 Å². The average molecular weight is 230 g/mol. The van der Waals surface area contributed by atoms with Gasteiger partial charge >= 0.3 is 5.92 Å². The third-order valence-corrected chi connectivity index (χ3v) is 2.94. The monoisotopic (exact) mass is 230 g/mol. The third-order valence-electron chi connectivity index (χ3n) is 2.94. The third kappa shape index (κ3) is 1.44. The van der Waals surface area contributed by atoms with E-state index in [1.807, 2.05) is 0 Å². The van der Waals surface area contributed by atoms with Crippen molar-refractivity contribution in [3.8, 4) is 0 Å². The Bertz CT molecular complexity index is 426. The second-order valence-corrected chi connectivity index (χ2v) is 4.34. The molecule has 0 bridgehead atoms. The lowest BCUT2D eigenvalue weighted by molar-refractivity contribution is -0.303. The van der Waals surface area contributed by atoms with Crippen LogP contribution in [0.5, 0.6) is 0 Å². The summed E-state index contributed by atoms with van der Waals surface area (Å²) in [4.78, 5) is 0. The molecule has 4 heteroatoms. The smallest absolute Gasteiger partial charge is 0.330 e. The number of ether oxygens (including phenoxy) is 1. The van der Waals surface area contributed by atoms with E-state index in [1.165, 1.54) is 6.07 Å². The molecule has 0 aliphatic carbocycles. The fraction of sp³-hybridized carbons (Fsp3) is 0.500. The number of benzene rings is 1. The van der Waals surface area contributed by atoms with Gasteiger partial charge in [0.05, 0.1) is 6.10 Å². The van der Waals surface area contributed by atoms with Crippen molar-refractivity contribution in [2.45, 2.75) is 38.7 Å². The number of alkyl halides is 3. The van der Waals surface area contributed by atoms with Gasteiger partial charge in [0.2, 0.25) is 0 Å². The molecule has 1 aromatic carbocycles. The summed E-state index contributed by atoms with van der Waals surface area (Å²) in [7, 11) is 0. The Morgan fingerprint density at radius 3 is 2.50 bits per heavy atom. The van der Waals surface area contributed by atoms with Crippen LogP contribution in [0.15, 0.2) is 18.2 Å². The van der Waals surface area contributed by atoms with Crippen molar-refractivity contribution in [3.63, 3.8) is 0 Å². The van der Waals surface area contributed by atoms with Crippen molar-refractivity contribution in [2.75, 3.05) is 0 Å². The number of rotatable bonds is 0. The molecule has 1 aliphatic rings. The molecular formula is C12H13F3O. The minimum Gasteiger partial charge on any atom is -0.333 e. The van der Waals surface area contributed by atoms with Crippen molar-refractivity contribution in [1.29, 1.82) is 0 Å². The second kappa shape index (κ2) is 3.23. The lowest BCUT2D eigenvalue weighted by atomic mass is 9.89. The molecule has 0 saturated heterocycles. The maximum atomic E-state index is 13.8. The number of fused-ring (bicyclic) bond motifs is 1. The van der Waals surface area contributed by atoms with Gasteiger partial charge in [-0.15, -0.1) is 0 Å². The molecule has 2 atom stereocenters. The van der Waals surface area contributed by atoms with Crippen molar-refractivity contribution >= 4 is 0 Å². The van der Waals surface area contributed by atoms with Gasteiger partial charge in [0.15, 0.2) is 0 Å². The zero-order chi connectivity index (χ0) is 12.1. The Balaban J connectivity index is 2.64. The summed E-state index contributed by atoms with van der Waals surface area (Å²) in [6, 6.07) is 4.45. The van der Waals surface area contributed by atoms with Crippen LogP contribution in [0.2, 0.25) is 0 Å². The van der Waals surface area contributed by atoms with E-state index in [-0.39, 0.29) is 5.56 Å². The van der Waals surface area contributed by atoms with Gasteiger partial charge in [-0.25, -0.2) is 4.39 Å². The molecule has 1 aromatic rings. The highest BCUT2D eigenvalue weighted by Crippen LogP contribution is 2.51. The molecule has 1 aliphatic heterocycles. The molecule has 0 aromatic heterocycles. The maximum absolute atomic E-state index is 13.8. The normalized spacial score (nSPS) is 32.2. The molecule has 2 unspecified atom stereocenters. The highest BCUT2D eigenvalue weighted by molar-refractivity contribution is 5.39. The molecule has 1 nitrogen and oxygen atoms in total. The quantitative estimate of drug-likeness (QED) is 0.657. The predicted molar refractivity (Wildman–Crippen MR) is 54.1 cm³/mol. The summed E-state index contributed by atoms with van der Waals surface area (Å²) in [6.45, 7) is 4.14. The van der Waals surface area contributed by atoms with Gasteiger partial charge in [-0.3, -0.25) is 0 Å². The Hall–Kier alpha value is -1.03. The summed E-state index contributed by atoms with van der Waals surface area (Å²) in [5, 5.41) is 0. The molecule has 0 spiro atoms. The largest absolute Gasteiger partial charge is 0.333 e. The Kier molecular flexibility index (Phi) is 2.31. The summed E-state index contributed by atoms with van der Waals surface area (Å²) in [5.74, 6) is -6.56. The number of hydrogen-bond acceptors (Lipinski definition) is 1. The molecular weight excluding hydrogens is 217 g/mol. The number of aryl methyl sites for hydroxylation is 1. The summed E-state index contributed by atoms with van der Waals surface area (Å²) in [5.41, 5.74) is 0.939. The van der Waals surface area contributed by atoms with Crippen LogP contribution in [-0.2, 0) is 10.7 Å². The van der Waals surface area contributed by atoms with E-state index in [9.17, 15) is 13.2 Å². The Labute approximate surface area is 92.2 Å². The van der Waals surface area contributed by atoms with Crippen LogP contribution < -0.4 is 0 Å². The first-order chi connectivity index (χ1) is 7.25. The van der Waals surface area contributed by atoms with E-state index in [2.05, 4.69) is 0 Å². The van der Waals surface area contributed by atoms with Crippen LogP contribution in [0.4, 0.5) is 13.2 Å². The molecule has 0 fully saturated rings. The number of halogens is 3. The fourth-order valence-electron chi connectivity index (χ4n) is 2.01. The van der Waals surface area contributed by atoms with E-state index in [4.69, 9.17) is 4.74 Å². The van der Waals surface area contributed by atoms with E-state index >= 15 is 0 Å². The molecule has 1 heterocycles. The van der Waals surface area contributed by atoms with Crippen molar-refractivity contribution in [2.24, 2.45) is 0 Å². The Morgan fingerprint density at radius 2 is 1.88 bits per heavy atom. The van der Waals surface area contributed by atoms with Crippen molar-refractivity contribution in [1.82, 2.24) is 0 Å². The van der Waals surface area contributed by atoms with Crippen LogP contribution in [0.1, 0.15) is 36.6 Å². The zero-order valence-corrected chi connectivity index (χ0v) is 9.35. The van der Waals surface area contributed by atoms with E-state index in [0.717, 1.165) is 12.5 Å². The Morgan fingerprint density at radius 1 is 1.25 bits per heavy atom. The molecule has 2 rings (SSSR count). The molecule has 88 valence electrons. The lowest BCUT2D eigenvalue weighted by Crippen LogP contribution is -2.46. The first kappa shape index (κ1) is 11.5. The van der Waals surface area contributed by atoms with Gasteiger partial charge in [-0.05, 0) is 19.4 Å². The van der Waals surface area contributed by atoms with Crippen LogP contribution in [0.25, 0.3) is 0 Å². The lowest BCUT2D eigenvalue weighted by Gasteiger charge is -2.39. The number of hydrogen-bond donors (Lipinski definition) is 0. The SMILES string of the molecule is Cc1ccc2c(c1)C(C)OC(C)(F)C2(F)F. The van der Waals surface area contributed by atoms with Gasteiger partial charge < -0.3 is 4.74 Å². The standard InChI is InChI=1S/C12H13F3O/c1-7-4-5-10-9(6-7)8(2)16-11(3,13)12(10,14)15/h4-6,8H,1-3H3. The highest BCUT2D eigenvalue weighted by atomic mass is 19.3. The average Bonchev–Trinajstić information content (AvgIpc) is 2.14. The summed E-state index contributed by atoms with van der Waals surface area (Å²) >= 11 is 0. The predicted octanol–water partition coefficient (Wildman–Crippen LogP) is 3.86. The van der Waals surface area contributed by atoms with Gasteiger partial charge in [-0.1, -0.05) is 23.8 Å². The highest BCUT2D eigenvalue weighted by Gasteiger charge is 2.58. The summed E-state index contributed by atoms with van der Waals surface area (Å²) < 4.78 is 46.0. The maximum Gasteiger partial charge on any atom is 0.330 e. The summed E-state index contributed by atoms with van der Waals surface area (Å²) in [6.07, 6.45) is -0.662. The van der Waals surface area contributed by atoms with E-state index in [1.54, 1.807) is 26.0 Å². The van der Waals surface area contributed by atoms with Crippen LogP contribution >= 0.6 is 0 Å². The molecule has 0 amide bonds. The van der Waals surface area contributed by atoms with E-state index in [0.29, 0.717) is 5.56 Å². The second-order valence-electron chi connectivity index (χ2n) is 4.34. The van der Waals surface area contributed by atoms with Crippen LogP contribution in [0, 0.1) is 6.92 Å². The molecule has 0 radical (unpaired) electrons. The topological polar surface area (TPSA) is 9.23 Å². The van der Waals surface area contributed by atoms with Crippen LogP contribution in [-0.4, -0.2) is 5.85 Å². The van der Waals surface area contributed by atoms with Crippen molar-refractivity contribution in [3.05, 3.63) is 34.9 Å². The zero-order valence-electron chi connectivity index (χ0n) is 9.35. The van der Waals surface area contributed by atoms with Crippen molar-refractivity contribution < 1.29 is 17.9 Å². The van der Waals surface area contributed by atoms with Crippen LogP contribution in [0.3, 0.4) is 0 Å². The van der Waals surface area contributed by atoms with Gasteiger partial charge in [-0.2, -0.15) is 8.78 Å². The van der Waals surface area contributed by atoms with Gasteiger partial charge in [0.1, 0.15) is 0 Å². The van der Waals surface area contributed by atoms with E-state index < -0.39 is 17.9 Å². The molecule has 16 heavy (non-hydrogen) atoms.